The molecule has 4 heterocycles. The molecule has 1 amide bonds. The standard InChI is InChI=1S/C23H31N7O2/c1-15-12-16(2)30(27-15)9-5-6-21(31)29-10-7-17(8-11-29)19-13-20-18(22(32)25-19)14-24-23(26-20)28(3)4/h12-14,17H,5-11H2,1-4H3,(H,25,32). The number of pyridine rings is 1. The van der Waals surface area contributed by atoms with Crippen LogP contribution in [0.2, 0.25) is 0 Å². The zero-order valence-electron chi connectivity index (χ0n) is 19.3. The van der Waals surface area contributed by atoms with Gasteiger partial charge in [-0.3, -0.25) is 14.3 Å². The molecule has 0 aliphatic carbocycles. The molecule has 1 aliphatic heterocycles. The van der Waals surface area contributed by atoms with Crippen LogP contribution >= 0.6 is 0 Å². The number of carbonyl (C=O) groups is 1. The smallest absolute Gasteiger partial charge is 0.259 e. The Bertz CT molecular complexity index is 1170. The molecule has 3 aromatic rings. The number of aromatic amines is 1. The SMILES string of the molecule is Cc1cc(C)n(CCCC(=O)N2CCC(c3cc4nc(N(C)C)ncc4c(=O)[nH]3)CC2)n1. The summed E-state index contributed by atoms with van der Waals surface area (Å²) in [6, 6.07) is 4.01. The Balaban J connectivity index is 1.35. The first-order valence-electron chi connectivity index (χ1n) is 11.2. The van der Waals surface area contributed by atoms with E-state index in [4.69, 9.17) is 0 Å². The summed E-state index contributed by atoms with van der Waals surface area (Å²) < 4.78 is 1.97. The number of H-pyrrole nitrogens is 1. The highest BCUT2D eigenvalue weighted by atomic mass is 16.2. The maximum atomic E-state index is 12.7. The lowest BCUT2D eigenvalue weighted by molar-refractivity contribution is -0.132. The van der Waals surface area contributed by atoms with Gasteiger partial charge in [0.25, 0.3) is 5.56 Å². The molecule has 32 heavy (non-hydrogen) atoms. The molecule has 9 heteroatoms. The Kier molecular flexibility index (Phi) is 6.25. The highest BCUT2D eigenvalue weighted by Gasteiger charge is 2.25. The van der Waals surface area contributed by atoms with E-state index >= 15 is 0 Å². The summed E-state index contributed by atoms with van der Waals surface area (Å²) in [5.41, 5.74) is 3.52. The van der Waals surface area contributed by atoms with Crippen LogP contribution in [0.15, 0.2) is 23.1 Å². The van der Waals surface area contributed by atoms with Crippen molar-refractivity contribution in [3.8, 4) is 0 Å². The zero-order chi connectivity index (χ0) is 22.8. The first-order chi connectivity index (χ1) is 15.3. The van der Waals surface area contributed by atoms with Gasteiger partial charge in [0.1, 0.15) is 0 Å². The fraction of sp³-hybridized carbons (Fsp3) is 0.522. The van der Waals surface area contributed by atoms with Crippen LogP contribution in [-0.2, 0) is 11.3 Å². The molecule has 1 N–H and O–H groups in total. The van der Waals surface area contributed by atoms with E-state index in [1.54, 1.807) is 6.20 Å². The van der Waals surface area contributed by atoms with Gasteiger partial charge in [-0.05, 0) is 45.2 Å². The molecular formula is C23H31N7O2. The van der Waals surface area contributed by atoms with Crippen LogP contribution < -0.4 is 10.5 Å². The number of nitrogens with one attached hydrogen (secondary N) is 1. The summed E-state index contributed by atoms with van der Waals surface area (Å²) in [4.78, 5) is 40.7. The quantitative estimate of drug-likeness (QED) is 0.636. The average Bonchev–Trinajstić information content (AvgIpc) is 3.10. The molecule has 170 valence electrons. The van der Waals surface area contributed by atoms with Crippen LogP contribution in [0.4, 0.5) is 5.95 Å². The summed E-state index contributed by atoms with van der Waals surface area (Å²) in [5.74, 6) is 0.985. The molecule has 0 radical (unpaired) electrons. The Morgan fingerprint density at radius 3 is 2.62 bits per heavy atom. The number of piperidine rings is 1. The number of amides is 1. The third-order valence-corrected chi connectivity index (χ3v) is 6.15. The summed E-state index contributed by atoms with van der Waals surface area (Å²) in [5, 5.41) is 4.95. The van der Waals surface area contributed by atoms with Crippen molar-refractivity contribution in [1.82, 2.24) is 29.6 Å². The summed E-state index contributed by atoms with van der Waals surface area (Å²) >= 11 is 0. The van der Waals surface area contributed by atoms with Crippen LogP contribution in [-0.4, -0.2) is 62.7 Å². The van der Waals surface area contributed by atoms with Gasteiger partial charge >= 0.3 is 0 Å². The highest BCUT2D eigenvalue weighted by molar-refractivity contribution is 5.78. The Hall–Kier alpha value is -3.23. The number of hydrogen-bond acceptors (Lipinski definition) is 6. The van der Waals surface area contributed by atoms with E-state index < -0.39 is 0 Å². The number of aryl methyl sites for hydroxylation is 3. The lowest BCUT2D eigenvalue weighted by Gasteiger charge is -2.32. The number of anilines is 1. The van der Waals surface area contributed by atoms with E-state index in [9.17, 15) is 9.59 Å². The van der Waals surface area contributed by atoms with Gasteiger partial charge in [-0.25, -0.2) is 9.97 Å². The maximum Gasteiger partial charge on any atom is 0.259 e. The molecule has 0 bridgehead atoms. The van der Waals surface area contributed by atoms with Crippen LogP contribution in [0.1, 0.15) is 48.7 Å². The molecule has 1 aliphatic rings. The van der Waals surface area contributed by atoms with Crippen LogP contribution in [0.5, 0.6) is 0 Å². The monoisotopic (exact) mass is 437 g/mol. The first kappa shape index (κ1) is 22.0. The molecular weight excluding hydrogens is 406 g/mol. The van der Waals surface area contributed by atoms with Gasteiger partial charge in [0.05, 0.1) is 16.6 Å². The summed E-state index contributed by atoms with van der Waals surface area (Å²) in [6.07, 6.45) is 4.55. The lowest BCUT2D eigenvalue weighted by atomic mass is 9.92. The Labute approximate surface area is 187 Å². The van der Waals surface area contributed by atoms with Crippen molar-refractivity contribution in [2.75, 3.05) is 32.1 Å². The molecule has 0 spiro atoms. The predicted octanol–water partition coefficient (Wildman–Crippen LogP) is 2.38. The number of nitrogens with zero attached hydrogens (tertiary/aromatic N) is 6. The van der Waals surface area contributed by atoms with Crippen molar-refractivity contribution in [2.24, 2.45) is 0 Å². The van der Waals surface area contributed by atoms with Gasteiger partial charge in [-0.1, -0.05) is 0 Å². The molecule has 1 saturated heterocycles. The molecule has 0 unspecified atom stereocenters. The molecule has 0 aromatic carbocycles. The largest absolute Gasteiger partial charge is 0.347 e. The van der Waals surface area contributed by atoms with Crippen LogP contribution in [0.25, 0.3) is 10.9 Å². The molecule has 4 rings (SSSR count). The second-order valence-electron chi connectivity index (χ2n) is 8.83. The third-order valence-electron chi connectivity index (χ3n) is 6.15. The fourth-order valence-corrected chi connectivity index (χ4v) is 4.37. The number of likely N-dealkylation sites (tertiary alicyclic amines) is 1. The lowest BCUT2D eigenvalue weighted by Crippen LogP contribution is -2.38. The highest BCUT2D eigenvalue weighted by Crippen LogP contribution is 2.28. The maximum absolute atomic E-state index is 12.7. The average molecular weight is 438 g/mol. The normalized spacial score (nSPS) is 14.8. The molecule has 9 nitrogen and oxygen atoms in total. The number of carbonyl (C=O) groups excluding carboxylic acids is 1. The van der Waals surface area contributed by atoms with E-state index in [-0.39, 0.29) is 17.4 Å². The molecule has 3 aromatic heterocycles. The van der Waals surface area contributed by atoms with Gasteiger partial charge in [0, 0.05) is 63.7 Å². The summed E-state index contributed by atoms with van der Waals surface area (Å²) in [6.45, 7) is 6.19. The van der Waals surface area contributed by atoms with Gasteiger partial charge < -0.3 is 14.8 Å². The van der Waals surface area contributed by atoms with E-state index in [0.29, 0.717) is 36.4 Å². The first-order valence-corrected chi connectivity index (χ1v) is 11.2. The van der Waals surface area contributed by atoms with Crippen molar-refractivity contribution in [3.05, 3.63) is 45.8 Å². The Morgan fingerprint density at radius 2 is 1.97 bits per heavy atom. The van der Waals surface area contributed by atoms with Crippen molar-refractivity contribution in [2.45, 2.75) is 52.0 Å². The van der Waals surface area contributed by atoms with E-state index in [2.05, 4.69) is 26.1 Å². The predicted molar refractivity (Wildman–Crippen MR) is 124 cm³/mol. The second-order valence-corrected chi connectivity index (χ2v) is 8.83. The minimum Gasteiger partial charge on any atom is -0.347 e. The van der Waals surface area contributed by atoms with E-state index in [0.717, 1.165) is 42.9 Å². The van der Waals surface area contributed by atoms with Gasteiger partial charge in [0.2, 0.25) is 11.9 Å². The van der Waals surface area contributed by atoms with Crippen LogP contribution in [0.3, 0.4) is 0 Å². The molecule has 0 atom stereocenters. The van der Waals surface area contributed by atoms with Gasteiger partial charge in [-0.15, -0.1) is 0 Å². The third kappa shape index (κ3) is 4.66. The Morgan fingerprint density at radius 1 is 1.22 bits per heavy atom. The number of aromatic nitrogens is 5. The van der Waals surface area contributed by atoms with Crippen LogP contribution in [0, 0.1) is 13.8 Å². The van der Waals surface area contributed by atoms with E-state index in [1.165, 1.54) is 0 Å². The van der Waals surface area contributed by atoms with E-state index in [1.807, 2.05) is 48.5 Å². The second kappa shape index (κ2) is 9.10. The van der Waals surface area contributed by atoms with Crippen molar-refractivity contribution in [1.29, 1.82) is 0 Å². The van der Waals surface area contributed by atoms with Crippen molar-refractivity contribution >= 4 is 22.8 Å². The van der Waals surface area contributed by atoms with Crippen molar-refractivity contribution < 1.29 is 4.79 Å². The number of hydrogen-bond donors (Lipinski definition) is 1. The minimum absolute atomic E-state index is 0.162. The van der Waals surface area contributed by atoms with Crippen molar-refractivity contribution in [3.63, 3.8) is 0 Å². The molecule has 0 saturated carbocycles. The molecule has 1 fully saturated rings. The summed E-state index contributed by atoms with van der Waals surface area (Å²) in [7, 11) is 3.75. The topological polar surface area (TPSA) is 100 Å². The fourth-order valence-electron chi connectivity index (χ4n) is 4.37. The van der Waals surface area contributed by atoms with Gasteiger partial charge in [0.15, 0.2) is 0 Å². The van der Waals surface area contributed by atoms with Gasteiger partial charge in [-0.2, -0.15) is 5.10 Å². The number of rotatable bonds is 6. The zero-order valence-corrected chi connectivity index (χ0v) is 19.3. The number of fused-ring (bicyclic) bond motifs is 1. The minimum atomic E-state index is -0.162.